The third-order valence-corrected chi connectivity index (χ3v) is 9.75. The smallest absolute Gasteiger partial charge is 0.462 e. The van der Waals surface area contributed by atoms with Crippen molar-refractivity contribution in [3.8, 4) is 0 Å². The van der Waals surface area contributed by atoms with E-state index in [2.05, 4.69) is 47.9 Å². The summed E-state index contributed by atoms with van der Waals surface area (Å²) >= 11 is 0. The fourth-order valence-electron chi connectivity index (χ4n) is 5.88. The van der Waals surface area contributed by atoms with Crippen molar-refractivity contribution < 1.29 is 43.0 Å². The van der Waals surface area contributed by atoms with Crippen LogP contribution in [0.15, 0.2) is 48.6 Å². The molecule has 0 aliphatic heterocycles. The molecule has 0 fully saturated rings. The van der Waals surface area contributed by atoms with E-state index in [1.54, 1.807) is 0 Å². The zero-order valence-electron chi connectivity index (χ0n) is 34.2. The molecule has 10 heteroatoms. The Balaban J connectivity index is 3.99. The number of aliphatic hydroxyl groups excluding tert-OH is 1. The molecular formula is C44H79O9P. The Labute approximate surface area is 329 Å². The van der Waals surface area contributed by atoms with E-state index >= 15 is 0 Å². The number of aliphatic hydroxyl groups is 1. The molecule has 0 amide bonds. The van der Waals surface area contributed by atoms with E-state index in [0.717, 1.165) is 51.4 Å². The molecule has 0 aliphatic carbocycles. The first-order chi connectivity index (χ1) is 26.2. The summed E-state index contributed by atoms with van der Waals surface area (Å²) in [5.74, 6) is -0.964. The second-order valence-electron chi connectivity index (χ2n) is 14.5. The third-order valence-electron chi connectivity index (χ3n) is 9.26. The summed E-state index contributed by atoms with van der Waals surface area (Å²) in [7, 11) is -4.78. The highest BCUT2D eigenvalue weighted by Gasteiger charge is 2.22. The maximum atomic E-state index is 12.4. The van der Waals surface area contributed by atoms with Crippen molar-refractivity contribution in [1.29, 1.82) is 0 Å². The zero-order chi connectivity index (χ0) is 39.8. The van der Waals surface area contributed by atoms with Gasteiger partial charge < -0.3 is 24.4 Å². The predicted octanol–water partition coefficient (Wildman–Crippen LogP) is 12.1. The van der Waals surface area contributed by atoms with Crippen LogP contribution >= 0.6 is 7.82 Å². The summed E-state index contributed by atoms with van der Waals surface area (Å²) in [6.45, 7) is 3.37. The van der Waals surface area contributed by atoms with Crippen LogP contribution in [0.1, 0.15) is 194 Å². The minimum Gasteiger partial charge on any atom is -0.462 e. The number of phosphoric acid groups is 1. The van der Waals surface area contributed by atoms with Crippen molar-refractivity contribution in [3.63, 3.8) is 0 Å². The van der Waals surface area contributed by atoms with E-state index in [1.807, 2.05) is 19.1 Å². The van der Waals surface area contributed by atoms with Crippen LogP contribution in [0.3, 0.4) is 0 Å². The predicted molar refractivity (Wildman–Crippen MR) is 222 cm³/mol. The Morgan fingerprint density at radius 2 is 0.981 bits per heavy atom. The molecule has 0 aromatic rings. The molecule has 0 rings (SSSR count). The van der Waals surface area contributed by atoms with Crippen molar-refractivity contribution in [2.24, 2.45) is 0 Å². The van der Waals surface area contributed by atoms with E-state index in [0.29, 0.717) is 19.3 Å². The van der Waals surface area contributed by atoms with E-state index in [4.69, 9.17) is 19.3 Å². The molecule has 0 spiro atoms. The lowest BCUT2D eigenvalue weighted by Gasteiger charge is -2.18. The van der Waals surface area contributed by atoms with Crippen LogP contribution in [-0.2, 0) is 28.2 Å². The lowest BCUT2D eigenvalue weighted by molar-refractivity contribution is -0.161. The number of esters is 2. The maximum Gasteiger partial charge on any atom is 0.469 e. The van der Waals surface area contributed by atoms with Gasteiger partial charge in [-0.2, -0.15) is 0 Å². The molecule has 0 bridgehead atoms. The summed E-state index contributed by atoms with van der Waals surface area (Å²) in [4.78, 5) is 42.8. The van der Waals surface area contributed by atoms with Gasteiger partial charge in [0.15, 0.2) is 6.10 Å². The average Bonchev–Trinajstić information content (AvgIpc) is 3.14. The Bertz CT molecular complexity index is 1030. The van der Waals surface area contributed by atoms with Crippen LogP contribution in [0.5, 0.6) is 0 Å². The molecule has 0 aromatic carbocycles. The Hall–Kier alpha value is -2.03. The monoisotopic (exact) mass is 783 g/mol. The van der Waals surface area contributed by atoms with Gasteiger partial charge in [-0.05, 0) is 57.8 Å². The van der Waals surface area contributed by atoms with Gasteiger partial charge in [-0.15, -0.1) is 0 Å². The fraction of sp³-hybridized carbons (Fsp3) is 0.773. The van der Waals surface area contributed by atoms with Crippen molar-refractivity contribution in [2.75, 3.05) is 13.2 Å². The van der Waals surface area contributed by atoms with Crippen LogP contribution in [-0.4, -0.2) is 52.3 Å². The molecular weight excluding hydrogens is 703 g/mol. The molecule has 2 atom stereocenters. The van der Waals surface area contributed by atoms with Crippen LogP contribution in [0.2, 0.25) is 0 Å². The number of rotatable bonds is 39. The molecule has 314 valence electrons. The number of ether oxygens (including phenoxy) is 2. The zero-order valence-corrected chi connectivity index (χ0v) is 35.1. The summed E-state index contributed by atoms with van der Waals surface area (Å²) < 4.78 is 26.3. The van der Waals surface area contributed by atoms with Gasteiger partial charge in [0.1, 0.15) is 6.61 Å². The summed E-state index contributed by atoms with van der Waals surface area (Å²) in [5.41, 5.74) is 0. The molecule has 54 heavy (non-hydrogen) atoms. The van der Waals surface area contributed by atoms with Gasteiger partial charge in [0.2, 0.25) is 0 Å². The van der Waals surface area contributed by atoms with Crippen LogP contribution in [0.4, 0.5) is 0 Å². The van der Waals surface area contributed by atoms with Gasteiger partial charge in [-0.3, -0.25) is 14.1 Å². The first-order valence-corrected chi connectivity index (χ1v) is 23.0. The second kappa shape index (κ2) is 39.2. The molecule has 3 N–H and O–H groups in total. The first kappa shape index (κ1) is 52.0. The van der Waals surface area contributed by atoms with Gasteiger partial charge in [-0.1, -0.05) is 172 Å². The number of carbonyl (C=O) groups is 2. The average molecular weight is 783 g/mol. The SMILES string of the molecule is CCCCCCCCCCCCCCCCCCCCC(=O)OC[C@H](COP(=O)(O)O)OC(=O)CCC/C=C\C/C=C\C/C=C\C/C=C\CC[C@H](O)CC. The maximum absolute atomic E-state index is 12.4. The topological polar surface area (TPSA) is 140 Å². The van der Waals surface area contributed by atoms with E-state index in [-0.39, 0.29) is 25.6 Å². The molecule has 0 aliphatic rings. The van der Waals surface area contributed by atoms with Crippen LogP contribution in [0.25, 0.3) is 0 Å². The minimum atomic E-state index is -4.78. The molecule has 0 aromatic heterocycles. The second-order valence-corrected chi connectivity index (χ2v) is 15.7. The molecule has 0 saturated heterocycles. The number of carbonyl (C=O) groups excluding carboxylic acids is 2. The summed E-state index contributed by atoms with van der Waals surface area (Å²) in [6, 6.07) is 0. The highest BCUT2D eigenvalue weighted by Crippen LogP contribution is 2.36. The number of unbranched alkanes of at least 4 members (excludes halogenated alkanes) is 18. The summed E-state index contributed by atoms with van der Waals surface area (Å²) in [5, 5.41) is 9.54. The van der Waals surface area contributed by atoms with Crippen molar-refractivity contribution in [1.82, 2.24) is 0 Å². The number of hydrogen-bond acceptors (Lipinski definition) is 7. The number of phosphoric ester groups is 1. The van der Waals surface area contributed by atoms with Crippen molar-refractivity contribution >= 4 is 19.8 Å². The van der Waals surface area contributed by atoms with Gasteiger partial charge in [-0.25, -0.2) is 4.57 Å². The fourth-order valence-corrected chi connectivity index (χ4v) is 6.24. The molecule has 0 unspecified atom stereocenters. The van der Waals surface area contributed by atoms with Gasteiger partial charge in [0, 0.05) is 12.8 Å². The quantitative estimate of drug-likeness (QED) is 0.0240. The first-order valence-electron chi connectivity index (χ1n) is 21.5. The Kier molecular flexibility index (Phi) is 37.7. The minimum absolute atomic E-state index is 0.123. The molecule has 0 saturated carbocycles. The highest BCUT2D eigenvalue weighted by atomic mass is 31.2. The van der Waals surface area contributed by atoms with E-state index < -0.39 is 32.5 Å². The lowest BCUT2D eigenvalue weighted by Crippen LogP contribution is -2.29. The molecule has 0 radical (unpaired) electrons. The molecule has 0 heterocycles. The van der Waals surface area contributed by atoms with Crippen molar-refractivity contribution in [3.05, 3.63) is 48.6 Å². The normalized spacial score (nSPS) is 13.5. The number of allylic oxidation sites excluding steroid dienone is 8. The Morgan fingerprint density at radius 1 is 0.556 bits per heavy atom. The Morgan fingerprint density at radius 3 is 1.44 bits per heavy atom. The lowest BCUT2D eigenvalue weighted by atomic mass is 10.0. The number of hydrogen-bond donors (Lipinski definition) is 3. The largest absolute Gasteiger partial charge is 0.469 e. The third kappa shape index (κ3) is 41.1. The molecule has 9 nitrogen and oxygen atoms in total. The van der Waals surface area contributed by atoms with Gasteiger partial charge in [0.25, 0.3) is 0 Å². The van der Waals surface area contributed by atoms with Gasteiger partial charge >= 0.3 is 19.8 Å². The van der Waals surface area contributed by atoms with Crippen LogP contribution < -0.4 is 0 Å². The van der Waals surface area contributed by atoms with Crippen molar-refractivity contribution in [2.45, 2.75) is 206 Å². The van der Waals surface area contributed by atoms with E-state index in [9.17, 15) is 19.3 Å². The van der Waals surface area contributed by atoms with Crippen LogP contribution in [0, 0.1) is 0 Å². The van der Waals surface area contributed by atoms with E-state index in [1.165, 1.54) is 96.3 Å². The standard InChI is InChI=1S/C44H79O9P/c1-3-5-6-7-8-9-10-11-12-13-14-15-19-22-25-28-31-34-37-43(46)51-39-42(40-52-54(48,49)50)53-44(47)38-35-32-29-26-23-20-17-16-18-21-24-27-30-33-36-41(45)4-2/h17-18,20-21,26-27,29-30,41-42,45H,3-16,19,22-25,28,31-40H2,1-2H3,(H2,48,49,50)/b20-17-,21-18-,29-26-,30-27-/t41-,42-/m1/s1. The van der Waals surface area contributed by atoms with Gasteiger partial charge in [0.05, 0.1) is 12.7 Å². The summed E-state index contributed by atoms with van der Waals surface area (Å²) in [6.07, 6.45) is 45.0. The highest BCUT2D eigenvalue weighted by molar-refractivity contribution is 7.46.